The van der Waals surface area contributed by atoms with Crippen molar-refractivity contribution in [2.75, 3.05) is 0 Å². The Hall–Kier alpha value is -2.61. The number of aromatic amines is 1. The molecule has 0 aliphatic carbocycles. The van der Waals surface area contributed by atoms with E-state index >= 15 is 0 Å². The van der Waals surface area contributed by atoms with E-state index in [-0.39, 0.29) is 18.7 Å². The maximum Gasteiger partial charge on any atom is 0.273 e. The number of rotatable bonds is 9. The van der Waals surface area contributed by atoms with Crippen molar-refractivity contribution in [1.82, 2.24) is 4.98 Å². The monoisotopic (exact) mass is 550 g/mol. The minimum atomic E-state index is -0.689. The SMILES string of the molecule is O=[N+]([O-])c1ccccc1Cc1[nH]cc[n+]1C(Cl)C(OCc1ccc(Cl)cc1Cl)c1ccc(Cl)cc1. The summed E-state index contributed by atoms with van der Waals surface area (Å²) in [6.45, 7) is 0.191. The van der Waals surface area contributed by atoms with Gasteiger partial charge in [-0.05, 0) is 35.4 Å². The topological polar surface area (TPSA) is 72.0 Å². The van der Waals surface area contributed by atoms with Crippen LogP contribution in [-0.2, 0) is 17.8 Å². The van der Waals surface area contributed by atoms with E-state index in [4.69, 9.17) is 51.1 Å². The van der Waals surface area contributed by atoms with Gasteiger partial charge in [-0.1, -0.05) is 82.8 Å². The van der Waals surface area contributed by atoms with Crippen LogP contribution >= 0.6 is 46.4 Å². The number of benzene rings is 3. The minimum absolute atomic E-state index is 0.0441. The van der Waals surface area contributed by atoms with Gasteiger partial charge in [-0.25, -0.2) is 9.55 Å². The second-order valence-corrected chi connectivity index (χ2v) is 9.50. The van der Waals surface area contributed by atoms with E-state index in [1.165, 1.54) is 6.07 Å². The zero-order valence-electron chi connectivity index (χ0n) is 18.2. The molecule has 0 bridgehead atoms. The number of nitro benzene ring substituents is 1. The first-order valence-electron chi connectivity index (χ1n) is 10.6. The first kappa shape index (κ1) is 25.5. The van der Waals surface area contributed by atoms with Crippen LogP contribution in [0.2, 0.25) is 15.1 Å². The van der Waals surface area contributed by atoms with Gasteiger partial charge in [-0.2, -0.15) is 0 Å². The molecule has 180 valence electrons. The van der Waals surface area contributed by atoms with Crippen LogP contribution in [0.25, 0.3) is 0 Å². The number of H-pyrrole nitrogens is 1. The molecule has 0 aliphatic heterocycles. The standard InChI is InChI=1S/C25H19Cl4N3O3/c26-19-8-5-16(6-9-19)24(35-15-18-7-10-20(27)14-21(18)28)25(29)31-12-11-30-23(31)13-17-3-1-2-4-22(17)32(33)34/h1-12,14,24-25H,13,15H2/p+1. The number of imidazole rings is 1. The quantitative estimate of drug-likeness (QED) is 0.101. The maximum absolute atomic E-state index is 11.5. The summed E-state index contributed by atoms with van der Waals surface area (Å²) in [6, 6.07) is 19.0. The Balaban J connectivity index is 1.64. The van der Waals surface area contributed by atoms with Crippen molar-refractivity contribution in [2.24, 2.45) is 0 Å². The molecular formula is C25H20Cl4N3O3+. The molecule has 1 aromatic heterocycles. The summed E-state index contributed by atoms with van der Waals surface area (Å²) >= 11 is 25.4. The number of nitrogens with one attached hydrogen (secondary N) is 1. The molecule has 0 saturated carbocycles. The number of aromatic nitrogens is 2. The van der Waals surface area contributed by atoms with Gasteiger partial charge in [0.15, 0.2) is 0 Å². The van der Waals surface area contributed by atoms with Crippen molar-refractivity contribution in [3.05, 3.63) is 127 Å². The van der Waals surface area contributed by atoms with Crippen LogP contribution in [-0.4, -0.2) is 9.91 Å². The fourth-order valence-corrected chi connectivity index (χ4v) is 4.71. The number of hydrogen-bond acceptors (Lipinski definition) is 3. The Morgan fingerprint density at radius 2 is 1.69 bits per heavy atom. The van der Waals surface area contributed by atoms with Crippen LogP contribution in [0, 0.1) is 10.1 Å². The van der Waals surface area contributed by atoms with Crippen LogP contribution < -0.4 is 4.57 Å². The number of nitrogens with zero attached hydrogens (tertiary/aromatic N) is 2. The highest BCUT2D eigenvalue weighted by atomic mass is 35.5. The van der Waals surface area contributed by atoms with E-state index in [1.54, 1.807) is 65.5 Å². The van der Waals surface area contributed by atoms with Crippen LogP contribution in [0.15, 0.2) is 79.1 Å². The zero-order chi connectivity index (χ0) is 24.9. The normalized spacial score (nSPS) is 12.9. The molecule has 35 heavy (non-hydrogen) atoms. The highest BCUT2D eigenvalue weighted by Gasteiger charge is 2.31. The molecule has 0 fully saturated rings. The molecule has 0 radical (unpaired) electrons. The van der Waals surface area contributed by atoms with E-state index in [1.807, 2.05) is 12.1 Å². The molecular weight excluding hydrogens is 532 g/mol. The lowest BCUT2D eigenvalue weighted by Crippen LogP contribution is -2.42. The largest absolute Gasteiger partial charge is 0.363 e. The molecule has 1 N–H and O–H groups in total. The Morgan fingerprint density at radius 1 is 0.971 bits per heavy atom. The van der Waals surface area contributed by atoms with E-state index < -0.39 is 16.5 Å². The first-order valence-corrected chi connectivity index (χ1v) is 12.2. The third kappa shape index (κ3) is 6.15. The third-order valence-electron chi connectivity index (χ3n) is 5.49. The maximum atomic E-state index is 11.5. The molecule has 2 unspecified atom stereocenters. The van der Waals surface area contributed by atoms with Gasteiger partial charge < -0.3 is 4.74 Å². The fraction of sp³-hybridized carbons (Fsp3) is 0.160. The molecule has 4 rings (SSSR count). The van der Waals surface area contributed by atoms with Gasteiger partial charge in [0.1, 0.15) is 18.5 Å². The van der Waals surface area contributed by atoms with E-state index in [0.717, 1.165) is 11.1 Å². The second kappa shape index (κ2) is 11.4. The van der Waals surface area contributed by atoms with Crippen LogP contribution in [0.1, 0.15) is 34.1 Å². The summed E-state index contributed by atoms with van der Waals surface area (Å²) < 4.78 is 8.09. The molecule has 0 saturated heterocycles. The fourth-order valence-electron chi connectivity index (χ4n) is 3.72. The highest BCUT2D eigenvalue weighted by Crippen LogP contribution is 2.33. The molecule has 1 heterocycles. The molecule has 10 heteroatoms. The summed E-state index contributed by atoms with van der Waals surface area (Å²) in [5.41, 5.74) is 1.49. The lowest BCUT2D eigenvalue weighted by atomic mass is 10.1. The lowest BCUT2D eigenvalue weighted by Gasteiger charge is -2.22. The van der Waals surface area contributed by atoms with Crippen molar-refractivity contribution in [3.63, 3.8) is 0 Å². The van der Waals surface area contributed by atoms with Gasteiger partial charge in [0.25, 0.3) is 11.5 Å². The summed E-state index contributed by atoms with van der Waals surface area (Å²) in [6.07, 6.45) is 3.20. The lowest BCUT2D eigenvalue weighted by molar-refractivity contribution is -0.716. The van der Waals surface area contributed by atoms with E-state index in [0.29, 0.717) is 26.5 Å². The smallest absolute Gasteiger partial charge is 0.273 e. The minimum Gasteiger partial charge on any atom is -0.363 e. The van der Waals surface area contributed by atoms with Gasteiger partial charge in [-0.3, -0.25) is 10.1 Å². The Labute approximate surface area is 222 Å². The Bertz CT molecular complexity index is 1330. The van der Waals surface area contributed by atoms with Gasteiger partial charge in [0.2, 0.25) is 5.50 Å². The van der Waals surface area contributed by atoms with Gasteiger partial charge in [-0.15, -0.1) is 0 Å². The predicted molar refractivity (Wildman–Crippen MR) is 137 cm³/mol. The van der Waals surface area contributed by atoms with Gasteiger partial charge in [0, 0.05) is 26.7 Å². The third-order valence-corrected chi connectivity index (χ3v) is 6.77. The predicted octanol–water partition coefficient (Wildman–Crippen LogP) is 7.46. The van der Waals surface area contributed by atoms with Gasteiger partial charge in [0.05, 0.1) is 18.0 Å². The van der Waals surface area contributed by atoms with Crippen molar-refractivity contribution in [3.8, 4) is 0 Å². The summed E-state index contributed by atoms with van der Waals surface area (Å²) in [5, 5.41) is 13.1. The van der Waals surface area contributed by atoms with E-state index in [9.17, 15) is 10.1 Å². The number of halogens is 4. The molecule has 2 atom stereocenters. The van der Waals surface area contributed by atoms with Crippen LogP contribution in [0.5, 0.6) is 0 Å². The average molecular weight is 552 g/mol. The number of para-hydroxylation sites is 1. The summed E-state index contributed by atoms with van der Waals surface area (Å²) in [5.74, 6) is 0.686. The number of hydrogen-bond donors (Lipinski definition) is 1. The van der Waals surface area contributed by atoms with Crippen molar-refractivity contribution in [1.29, 1.82) is 0 Å². The molecule has 6 nitrogen and oxygen atoms in total. The first-order chi connectivity index (χ1) is 16.8. The second-order valence-electron chi connectivity index (χ2n) is 7.77. The van der Waals surface area contributed by atoms with Crippen LogP contribution in [0.4, 0.5) is 5.69 Å². The molecule has 0 spiro atoms. The Kier molecular flexibility index (Phi) is 8.31. The Morgan fingerprint density at radius 3 is 2.40 bits per heavy atom. The molecule has 4 aromatic rings. The summed E-state index contributed by atoms with van der Waals surface area (Å²) in [4.78, 5) is 14.2. The van der Waals surface area contributed by atoms with Crippen molar-refractivity contribution >= 4 is 52.1 Å². The molecule has 0 aliphatic rings. The van der Waals surface area contributed by atoms with Crippen molar-refractivity contribution < 1.29 is 14.2 Å². The number of ether oxygens (including phenoxy) is 1. The summed E-state index contributed by atoms with van der Waals surface area (Å²) in [7, 11) is 0. The van der Waals surface area contributed by atoms with Crippen LogP contribution in [0.3, 0.4) is 0 Å². The van der Waals surface area contributed by atoms with Gasteiger partial charge >= 0.3 is 0 Å². The number of nitro groups is 1. The highest BCUT2D eigenvalue weighted by molar-refractivity contribution is 6.35. The molecule has 3 aromatic carbocycles. The molecule has 0 amide bonds. The average Bonchev–Trinajstić information content (AvgIpc) is 3.29. The van der Waals surface area contributed by atoms with Crippen molar-refractivity contribution in [2.45, 2.75) is 24.6 Å². The zero-order valence-corrected chi connectivity index (χ0v) is 21.2. The number of alkyl halides is 1. The van der Waals surface area contributed by atoms with E-state index in [2.05, 4.69) is 4.98 Å².